The number of benzene rings is 2. The Morgan fingerprint density at radius 2 is 1.88 bits per heavy atom. The average Bonchev–Trinajstić information content (AvgIpc) is 3.25. The van der Waals surface area contributed by atoms with Crippen LogP contribution in [0.5, 0.6) is 5.75 Å². The summed E-state index contributed by atoms with van der Waals surface area (Å²) >= 11 is 1.37. The molecule has 0 N–H and O–H groups in total. The molecule has 4 rings (SSSR count). The number of rotatable bonds is 8. The fourth-order valence-corrected chi connectivity index (χ4v) is 5.58. The number of methoxy groups -OCH3 is 1. The predicted molar refractivity (Wildman–Crippen MR) is 129 cm³/mol. The number of aryl methyl sites for hydroxylation is 1. The summed E-state index contributed by atoms with van der Waals surface area (Å²) < 4.78 is 32.0. The molecule has 0 unspecified atom stereocenters. The molecule has 0 aliphatic carbocycles. The quantitative estimate of drug-likeness (QED) is 0.373. The van der Waals surface area contributed by atoms with Crippen LogP contribution in [0.1, 0.15) is 18.1 Å². The van der Waals surface area contributed by atoms with Gasteiger partial charge < -0.3 is 4.74 Å². The van der Waals surface area contributed by atoms with E-state index in [1.807, 2.05) is 18.2 Å². The maximum Gasteiger partial charge on any atom is 0.244 e. The number of hydrogen-bond donors (Lipinski definition) is 0. The number of carbonyl (C=O) groups excluding carboxylic acids is 1. The van der Waals surface area contributed by atoms with E-state index in [2.05, 4.69) is 23.0 Å². The summed E-state index contributed by atoms with van der Waals surface area (Å²) in [5.41, 5.74) is 2.72. The second-order valence-electron chi connectivity index (χ2n) is 7.43. The van der Waals surface area contributed by atoms with E-state index >= 15 is 0 Å². The molecule has 2 heterocycles. The second kappa shape index (κ2) is 9.68. The maximum atomic E-state index is 13.3. The molecule has 9 heteroatoms. The smallest absolute Gasteiger partial charge is 0.244 e. The molecule has 0 aliphatic rings. The Kier molecular flexibility index (Phi) is 6.71. The molecule has 0 fully saturated rings. The van der Waals surface area contributed by atoms with Crippen molar-refractivity contribution in [3.63, 3.8) is 0 Å². The summed E-state index contributed by atoms with van der Waals surface area (Å²) in [5, 5.41) is 0.456. The third-order valence-corrected chi connectivity index (χ3v) is 7.84. The van der Waals surface area contributed by atoms with Gasteiger partial charge in [0.2, 0.25) is 5.91 Å². The van der Waals surface area contributed by atoms with Crippen LogP contribution in [0.3, 0.4) is 0 Å². The van der Waals surface area contributed by atoms with Crippen molar-refractivity contribution in [2.24, 2.45) is 0 Å². The van der Waals surface area contributed by atoms with E-state index in [9.17, 15) is 13.2 Å². The van der Waals surface area contributed by atoms with Crippen molar-refractivity contribution < 1.29 is 17.9 Å². The van der Waals surface area contributed by atoms with Crippen LogP contribution in [-0.2, 0) is 27.6 Å². The van der Waals surface area contributed by atoms with E-state index in [4.69, 9.17) is 4.74 Å². The predicted octanol–water partition coefficient (Wildman–Crippen LogP) is 4.27. The molecule has 7 nitrogen and oxygen atoms in total. The third kappa shape index (κ3) is 5.20. The molecule has 0 bridgehead atoms. The van der Waals surface area contributed by atoms with Crippen molar-refractivity contribution in [3.8, 4) is 5.75 Å². The van der Waals surface area contributed by atoms with Crippen LogP contribution in [0.2, 0.25) is 0 Å². The second-order valence-corrected chi connectivity index (χ2v) is 10.4. The van der Waals surface area contributed by atoms with E-state index < -0.39 is 21.5 Å². The average molecular weight is 482 g/mol. The molecule has 0 saturated heterocycles. The van der Waals surface area contributed by atoms with Crippen molar-refractivity contribution in [3.05, 3.63) is 78.1 Å². The number of hydrogen-bond acceptors (Lipinski definition) is 7. The molecule has 170 valence electrons. The minimum Gasteiger partial charge on any atom is -0.497 e. The number of carbonyl (C=O) groups is 1. The molecule has 33 heavy (non-hydrogen) atoms. The van der Waals surface area contributed by atoms with E-state index in [-0.39, 0.29) is 11.4 Å². The molecule has 4 aromatic rings. The highest BCUT2D eigenvalue weighted by Crippen LogP contribution is 2.31. The highest BCUT2D eigenvalue weighted by Gasteiger charge is 2.27. The minimum atomic E-state index is -3.86. The Labute approximate surface area is 196 Å². The molecule has 0 spiro atoms. The van der Waals surface area contributed by atoms with Crippen LogP contribution in [0.4, 0.5) is 5.13 Å². The topological polar surface area (TPSA) is 89.5 Å². The molecule has 2 aromatic carbocycles. The molecule has 0 radical (unpaired) electrons. The van der Waals surface area contributed by atoms with Gasteiger partial charge >= 0.3 is 0 Å². The molecule has 0 aliphatic heterocycles. The lowest BCUT2D eigenvalue weighted by atomic mass is 10.2. The van der Waals surface area contributed by atoms with Gasteiger partial charge in [0, 0.05) is 12.4 Å². The first-order valence-corrected chi connectivity index (χ1v) is 12.8. The van der Waals surface area contributed by atoms with E-state index in [0.29, 0.717) is 10.9 Å². The number of nitrogens with zero attached hydrogens (tertiary/aromatic N) is 3. The summed E-state index contributed by atoms with van der Waals surface area (Å²) in [6.07, 6.45) is 4.19. The van der Waals surface area contributed by atoms with E-state index in [1.165, 1.54) is 41.0 Å². The van der Waals surface area contributed by atoms with Gasteiger partial charge in [0.15, 0.2) is 15.0 Å². The molecular weight excluding hydrogens is 458 g/mol. The Bertz CT molecular complexity index is 1370. The van der Waals surface area contributed by atoms with Gasteiger partial charge in [-0.3, -0.25) is 14.7 Å². The van der Waals surface area contributed by atoms with Crippen molar-refractivity contribution in [2.75, 3.05) is 17.8 Å². The van der Waals surface area contributed by atoms with Gasteiger partial charge in [-0.2, -0.15) is 0 Å². The largest absolute Gasteiger partial charge is 0.497 e. The van der Waals surface area contributed by atoms with Gasteiger partial charge in [0.05, 0.1) is 28.8 Å². The van der Waals surface area contributed by atoms with Crippen molar-refractivity contribution >= 4 is 42.4 Å². The van der Waals surface area contributed by atoms with Gasteiger partial charge in [-0.15, -0.1) is 0 Å². The van der Waals surface area contributed by atoms with Crippen molar-refractivity contribution in [1.82, 2.24) is 9.97 Å². The minimum absolute atomic E-state index is 0.0647. The number of aromatic nitrogens is 2. The van der Waals surface area contributed by atoms with Crippen LogP contribution in [0, 0.1) is 0 Å². The van der Waals surface area contributed by atoms with Gasteiger partial charge in [0.1, 0.15) is 11.5 Å². The van der Waals surface area contributed by atoms with Crippen LogP contribution in [-0.4, -0.2) is 37.2 Å². The van der Waals surface area contributed by atoms with Gasteiger partial charge in [0.25, 0.3) is 0 Å². The fourth-order valence-electron chi connectivity index (χ4n) is 3.34. The lowest BCUT2D eigenvalue weighted by Crippen LogP contribution is -2.35. The summed E-state index contributed by atoms with van der Waals surface area (Å²) in [5.74, 6) is -0.681. The van der Waals surface area contributed by atoms with Crippen LogP contribution >= 0.6 is 11.3 Å². The van der Waals surface area contributed by atoms with E-state index in [1.54, 1.807) is 30.6 Å². The van der Waals surface area contributed by atoms with Gasteiger partial charge in [-0.1, -0.05) is 30.4 Å². The fraction of sp³-hybridized carbons (Fsp3) is 0.208. The first-order chi connectivity index (χ1) is 15.9. The van der Waals surface area contributed by atoms with Crippen LogP contribution in [0.25, 0.3) is 10.2 Å². The monoisotopic (exact) mass is 481 g/mol. The number of sulfone groups is 1. The number of fused-ring (bicyclic) bond motifs is 1. The lowest BCUT2D eigenvalue weighted by Gasteiger charge is -2.20. The zero-order valence-electron chi connectivity index (χ0n) is 18.3. The molecule has 1 amide bonds. The van der Waals surface area contributed by atoms with Gasteiger partial charge in [-0.25, -0.2) is 13.4 Å². The van der Waals surface area contributed by atoms with Crippen molar-refractivity contribution in [2.45, 2.75) is 24.8 Å². The van der Waals surface area contributed by atoms with Crippen molar-refractivity contribution in [1.29, 1.82) is 0 Å². The maximum absolute atomic E-state index is 13.3. The number of pyridine rings is 1. The molecular formula is C24H23N3O4S2. The summed E-state index contributed by atoms with van der Waals surface area (Å²) in [6.45, 7) is 2.25. The molecule has 2 aromatic heterocycles. The number of thiazole rings is 1. The van der Waals surface area contributed by atoms with E-state index in [0.717, 1.165) is 22.2 Å². The zero-order valence-corrected chi connectivity index (χ0v) is 19.9. The number of amides is 1. The highest BCUT2D eigenvalue weighted by atomic mass is 32.2. The normalized spacial score (nSPS) is 11.5. The summed E-state index contributed by atoms with van der Waals surface area (Å²) in [4.78, 5) is 23.6. The van der Waals surface area contributed by atoms with Crippen LogP contribution in [0.15, 0.2) is 71.9 Å². The lowest BCUT2D eigenvalue weighted by molar-refractivity contribution is -0.116. The standard InChI is InChI=1S/C24H23N3O4S2/c1-3-17-6-11-21-22(13-17)32-24(26-21)27(15-18-5-4-12-25-14-18)23(28)16-33(29,30)20-9-7-19(31-2)8-10-20/h4-14H,3,15-16H2,1-2H3. The highest BCUT2D eigenvalue weighted by molar-refractivity contribution is 7.92. The third-order valence-electron chi connectivity index (χ3n) is 5.18. The Hall–Kier alpha value is -3.30. The molecule has 0 atom stereocenters. The zero-order chi connectivity index (χ0) is 23.4. The number of anilines is 1. The first kappa shape index (κ1) is 22.9. The Morgan fingerprint density at radius 1 is 1.09 bits per heavy atom. The first-order valence-electron chi connectivity index (χ1n) is 10.3. The molecule has 0 saturated carbocycles. The summed E-state index contributed by atoms with van der Waals surface area (Å²) in [7, 11) is -2.35. The Morgan fingerprint density at radius 3 is 2.55 bits per heavy atom. The van der Waals surface area contributed by atoms with Gasteiger partial charge in [-0.05, 0) is 60.0 Å². The number of ether oxygens (including phenoxy) is 1. The van der Waals surface area contributed by atoms with Crippen LogP contribution < -0.4 is 9.64 Å². The summed E-state index contributed by atoms with van der Waals surface area (Å²) in [6, 6.07) is 15.6. The SMILES string of the molecule is CCc1ccc2nc(N(Cc3cccnc3)C(=O)CS(=O)(=O)c3ccc(OC)cc3)sc2c1. The Balaban J connectivity index is 1.67.